The van der Waals surface area contributed by atoms with Gasteiger partial charge in [0, 0.05) is 37.9 Å². The van der Waals surface area contributed by atoms with Crippen molar-refractivity contribution < 1.29 is 19.4 Å². The van der Waals surface area contributed by atoms with E-state index >= 15 is 0 Å². The maximum atomic E-state index is 13.0. The third kappa shape index (κ3) is 2.83. The average Bonchev–Trinajstić information content (AvgIpc) is 3.29. The first-order chi connectivity index (χ1) is 12.6. The second-order valence-corrected chi connectivity index (χ2v) is 7.35. The van der Waals surface area contributed by atoms with Gasteiger partial charge in [-0.15, -0.1) is 0 Å². The van der Waals surface area contributed by atoms with Gasteiger partial charge in [-0.3, -0.25) is 9.59 Å². The van der Waals surface area contributed by atoms with Crippen LogP contribution in [0.15, 0.2) is 36.4 Å². The first-order valence-corrected chi connectivity index (χ1v) is 9.17. The van der Waals surface area contributed by atoms with Gasteiger partial charge in [-0.2, -0.15) is 0 Å². The lowest BCUT2D eigenvalue weighted by Crippen LogP contribution is -2.52. The molecule has 1 aromatic rings. The molecule has 3 aliphatic rings. The number of carboxylic acid groups (broad SMARTS) is 1. The van der Waals surface area contributed by atoms with Crippen molar-refractivity contribution in [2.24, 2.45) is 23.7 Å². The minimum Gasteiger partial charge on any atom is -0.497 e. The molecule has 4 rings (SSSR count). The second kappa shape index (κ2) is 6.67. The van der Waals surface area contributed by atoms with Crippen LogP contribution in [0.4, 0.5) is 5.69 Å². The van der Waals surface area contributed by atoms with Gasteiger partial charge in [0.25, 0.3) is 0 Å². The van der Waals surface area contributed by atoms with Gasteiger partial charge in [0.1, 0.15) is 5.75 Å². The minimum absolute atomic E-state index is 0.0135. The third-order valence-electron chi connectivity index (χ3n) is 6.04. The molecular formula is C20H24N2O4. The molecule has 0 radical (unpaired) electrons. The van der Waals surface area contributed by atoms with Crippen molar-refractivity contribution in [1.82, 2.24) is 4.90 Å². The van der Waals surface area contributed by atoms with Gasteiger partial charge >= 0.3 is 5.97 Å². The topological polar surface area (TPSA) is 70.1 Å². The van der Waals surface area contributed by atoms with E-state index in [1.807, 2.05) is 41.3 Å². The number of rotatable bonds is 4. The summed E-state index contributed by atoms with van der Waals surface area (Å²) >= 11 is 0. The van der Waals surface area contributed by atoms with E-state index in [9.17, 15) is 14.7 Å². The lowest BCUT2D eigenvalue weighted by molar-refractivity contribution is -0.151. The van der Waals surface area contributed by atoms with Crippen LogP contribution < -0.4 is 9.64 Å². The maximum Gasteiger partial charge on any atom is 0.307 e. The first-order valence-electron chi connectivity index (χ1n) is 9.17. The van der Waals surface area contributed by atoms with E-state index in [4.69, 9.17) is 4.74 Å². The number of aliphatic carboxylic acids is 1. The van der Waals surface area contributed by atoms with Gasteiger partial charge in [0.05, 0.1) is 18.9 Å². The third-order valence-corrected chi connectivity index (χ3v) is 6.04. The Morgan fingerprint density at radius 1 is 1.08 bits per heavy atom. The number of hydrogen-bond acceptors (Lipinski definition) is 4. The summed E-state index contributed by atoms with van der Waals surface area (Å²) in [4.78, 5) is 28.8. The molecule has 0 aromatic heterocycles. The van der Waals surface area contributed by atoms with Gasteiger partial charge in [-0.05, 0) is 30.4 Å². The number of ether oxygens (including phenoxy) is 1. The molecular weight excluding hydrogens is 332 g/mol. The van der Waals surface area contributed by atoms with Gasteiger partial charge in [0.2, 0.25) is 5.91 Å². The number of carbonyl (C=O) groups excluding carboxylic acids is 1. The number of amides is 1. The molecule has 1 saturated heterocycles. The van der Waals surface area contributed by atoms with Crippen LogP contribution in [0.25, 0.3) is 0 Å². The smallest absolute Gasteiger partial charge is 0.307 e. The standard InChI is InChI=1S/C20H24N2O4/c1-26-16-4-2-3-15(12-16)21-7-9-22(10-8-21)19(23)17-13-5-6-14(11-13)18(17)20(24)25/h2-6,12-14,17-18H,7-11H2,1H3,(H,24,25)/t13-,14+,17+,18-/m1/s1. The zero-order valence-corrected chi connectivity index (χ0v) is 14.9. The number of anilines is 1. The second-order valence-electron chi connectivity index (χ2n) is 7.35. The van der Waals surface area contributed by atoms with E-state index in [1.165, 1.54) is 0 Å². The average molecular weight is 356 g/mol. The summed E-state index contributed by atoms with van der Waals surface area (Å²) in [6, 6.07) is 7.92. The van der Waals surface area contributed by atoms with Crippen LogP contribution in [0.2, 0.25) is 0 Å². The highest BCUT2D eigenvalue weighted by Gasteiger charge is 2.52. The van der Waals surface area contributed by atoms with E-state index in [0.717, 1.165) is 30.9 Å². The number of hydrogen-bond donors (Lipinski definition) is 1. The summed E-state index contributed by atoms with van der Waals surface area (Å²) in [7, 11) is 1.65. The van der Waals surface area contributed by atoms with Crippen molar-refractivity contribution in [3.8, 4) is 5.75 Å². The normalized spacial score (nSPS) is 29.9. The quantitative estimate of drug-likeness (QED) is 0.834. The Morgan fingerprint density at radius 2 is 1.77 bits per heavy atom. The molecule has 26 heavy (non-hydrogen) atoms. The van der Waals surface area contributed by atoms with Crippen LogP contribution in [0, 0.1) is 23.7 Å². The molecule has 1 aliphatic heterocycles. The molecule has 2 aliphatic carbocycles. The van der Waals surface area contributed by atoms with Crippen molar-refractivity contribution in [2.45, 2.75) is 6.42 Å². The molecule has 2 bridgehead atoms. The molecule has 6 heteroatoms. The van der Waals surface area contributed by atoms with E-state index in [2.05, 4.69) is 4.90 Å². The number of fused-ring (bicyclic) bond motifs is 2. The summed E-state index contributed by atoms with van der Waals surface area (Å²) < 4.78 is 5.28. The van der Waals surface area contributed by atoms with E-state index in [-0.39, 0.29) is 17.7 Å². The predicted molar refractivity (Wildman–Crippen MR) is 97.1 cm³/mol. The van der Waals surface area contributed by atoms with E-state index in [0.29, 0.717) is 13.1 Å². The monoisotopic (exact) mass is 356 g/mol. The van der Waals surface area contributed by atoms with Crippen LogP contribution in [-0.2, 0) is 9.59 Å². The van der Waals surface area contributed by atoms with Gasteiger partial charge < -0.3 is 19.6 Å². The Hall–Kier alpha value is -2.50. The first kappa shape index (κ1) is 16.9. The summed E-state index contributed by atoms with van der Waals surface area (Å²) in [6.45, 7) is 2.74. The SMILES string of the molecule is COc1cccc(N2CCN(C(=O)[C@@H]3[C@H](C(=O)O)[C@H]4C=C[C@@H]3C4)CC2)c1. The molecule has 1 saturated carbocycles. The van der Waals surface area contributed by atoms with Gasteiger partial charge in [0.15, 0.2) is 0 Å². The zero-order valence-electron chi connectivity index (χ0n) is 14.9. The molecule has 138 valence electrons. The van der Waals surface area contributed by atoms with Crippen molar-refractivity contribution in [3.05, 3.63) is 36.4 Å². The zero-order chi connectivity index (χ0) is 18.3. The fraction of sp³-hybridized carbons (Fsp3) is 0.500. The number of benzene rings is 1. The molecule has 4 atom stereocenters. The highest BCUT2D eigenvalue weighted by atomic mass is 16.5. The van der Waals surface area contributed by atoms with E-state index in [1.54, 1.807) is 7.11 Å². The van der Waals surface area contributed by atoms with E-state index < -0.39 is 17.8 Å². The van der Waals surface area contributed by atoms with Crippen LogP contribution >= 0.6 is 0 Å². The fourth-order valence-corrected chi connectivity index (χ4v) is 4.70. The van der Waals surface area contributed by atoms with Crippen LogP contribution in [0.5, 0.6) is 5.75 Å². The maximum absolute atomic E-state index is 13.0. The van der Waals surface area contributed by atoms with Crippen LogP contribution in [0.1, 0.15) is 6.42 Å². The number of piperazine rings is 1. The summed E-state index contributed by atoms with van der Waals surface area (Å²) in [5.74, 6) is -0.858. The highest BCUT2D eigenvalue weighted by Crippen LogP contribution is 2.48. The Morgan fingerprint density at radius 3 is 2.42 bits per heavy atom. The Kier molecular flexibility index (Phi) is 4.34. The molecule has 1 amide bonds. The molecule has 1 heterocycles. The number of nitrogens with zero attached hydrogens (tertiary/aromatic N) is 2. The Labute approximate surface area is 153 Å². The van der Waals surface area contributed by atoms with Crippen molar-refractivity contribution in [3.63, 3.8) is 0 Å². The number of allylic oxidation sites excluding steroid dienone is 2. The lowest BCUT2D eigenvalue weighted by Gasteiger charge is -2.38. The van der Waals surface area contributed by atoms with Crippen LogP contribution in [-0.4, -0.2) is 55.2 Å². The predicted octanol–water partition coefficient (Wildman–Crippen LogP) is 1.87. The van der Waals surface area contributed by atoms with Crippen molar-refractivity contribution in [1.29, 1.82) is 0 Å². The molecule has 0 unspecified atom stereocenters. The number of carboxylic acids is 1. The minimum atomic E-state index is -0.838. The van der Waals surface area contributed by atoms with Gasteiger partial charge in [-0.25, -0.2) is 0 Å². The highest BCUT2D eigenvalue weighted by molar-refractivity contribution is 5.87. The van der Waals surface area contributed by atoms with Crippen molar-refractivity contribution in [2.75, 3.05) is 38.2 Å². The molecule has 0 spiro atoms. The Balaban J connectivity index is 1.42. The number of methoxy groups -OCH3 is 1. The Bertz CT molecular complexity index is 739. The molecule has 1 N–H and O–H groups in total. The molecule has 1 aromatic carbocycles. The fourth-order valence-electron chi connectivity index (χ4n) is 4.70. The van der Waals surface area contributed by atoms with Crippen molar-refractivity contribution >= 4 is 17.6 Å². The molecule has 6 nitrogen and oxygen atoms in total. The lowest BCUT2D eigenvalue weighted by atomic mass is 9.82. The van der Waals surface area contributed by atoms with Gasteiger partial charge in [-0.1, -0.05) is 18.2 Å². The summed E-state index contributed by atoms with van der Waals surface area (Å²) in [5.41, 5.74) is 1.09. The summed E-state index contributed by atoms with van der Waals surface area (Å²) in [5, 5.41) is 9.57. The number of carbonyl (C=O) groups is 2. The summed E-state index contributed by atoms with van der Waals surface area (Å²) in [6.07, 6.45) is 4.82. The molecule has 2 fully saturated rings. The largest absolute Gasteiger partial charge is 0.497 e. The van der Waals surface area contributed by atoms with Crippen LogP contribution in [0.3, 0.4) is 0 Å².